The van der Waals surface area contributed by atoms with Crippen LogP contribution in [0.4, 0.5) is 5.82 Å². The molecule has 3 heterocycles. The highest BCUT2D eigenvalue weighted by Crippen LogP contribution is 2.31. The molecule has 1 aliphatic rings. The first-order valence-electron chi connectivity index (χ1n) is 12.3. The Kier molecular flexibility index (Phi) is 6.24. The summed E-state index contributed by atoms with van der Waals surface area (Å²) in [6.07, 6.45) is 1.80. The number of piperidine rings is 1. The van der Waals surface area contributed by atoms with Gasteiger partial charge in [0, 0.05) is 19.6 Å². The van der Waals surface area contributed by atoms with Crippen LogP contribution < -0.4 is 10.2 Å². The molecule has 1 saturated heterocycles. The highest BCUT2D eigenvalue weighted by atomic mass is 16.1. The molecule has 0 radical (unpaired) electrons. The molecule has 35 heavy (non-hydrogen) atoms. The maximum Gasteiger partial charge on any atom is 0.225 e. The molecule has 0 aliphatic carbocycles. The average molecular weight is 469 g/mol. The monoisotopic (exact) mass is 468 g/mol. The summed E-state index contributed by atoms with van der Waals surface area (Å²) in [4.78, 5) is 15.2. The van der Waals surface area contributed by atoms with Crippen molar-refractivity contribution in [1.29, 1.82) is 0 Å². The zero-order valence-electron chi connectivity index (χ0n) is 20.9. The Hall–Kier alpha value is -3.74. The predicted molar refractivity (Wildman–Crippen MR) is 139 cm³/mol. The van der Waals surface area contributed by atoms with Gasteiger partial charge < -0.3 is 10.2 Å². The second-order valence-electron chi connectivity index (χ2n) is 9.66. The van der Waals surface area contributed by atoms with Gasteiger partial charge in [0.05, 0.1) is 28.4 Å². The fourth-order valence-corrected chi connectivity index (χ4v) is 5.00. The lowest BCUT2D eigenvalue weighted by atomic mass is 9.96. The van der Waals surface area contributed by atoms with Gasteiger partial charge in [-0.05, 0) is 58.2 Å². The molecule has 1 fully saturated rings. The van der Waals surface area contributed by atoms with Crippen molar-refractivity contribution in [3.8, 4) is 5.69 Å². The van der Waals surface area contributed by atoms with Crippen molar-refractivity contribution in [3.63, 3.8) is 0 Å². The second kappa shape index (κ2) is 9.49. The summed E-state index contributed by atoms with van der Waals surface area (Å²) in [6.45, 7) is 10.2. The Morgan fingerprint density at radius 1 is 1.03 bits per heavy atom. The summed E-state index contributed by atoms with van der Waals surface area (Å²) in [5, 5.41) is 18.2. The Morgan fingerprint density at radius 2 is 1.83 bits per heavy atom. The Bertz CT molecular complexity index is 1370. The van der Waals surface area contributed by atoms with Gasteiger partial charge in [-0.15, -0.1) is 5.10 Å². The molecule has 7 nitrogen and oxygen atoms in total. The van der Waals surface area contributed by atoms with E-state index in [4.69, 9.17) is 5.10 Å². The predicted octanol–water partition coefficient (Wildman–Crippen LogP) is 4.58. The summed E-state index contributed by atoms with van der Waals surface area (Å²) < 4.78 is 1.97. The summed E-state index contributed by atoms with van der Waals surface area (Å²) in [5.74, 6) is 0.761. The molecule has 180 valence electrons. The van der Waals surface area contributed by atoms with Gasteiger partial charge >= 0.3 is 0 Å². The standard InChI is InChI=1S/C28H32N6O/c1-18-10-12-24(13-11-18)34-21(4)25-20(3)30-31-27(26(25)32-34)33-14-6-9-23(17-33)28(35)29-16-22-8-5-7-19(2)15-22/h5,7-8,10-13,15,23H,6,9,14,16-17H2,1-4H3,(H,29,35). The summed E-state index contributed by atoms with van der Waals surface area (Å²) in [7, 11) is 0. The van der Waals surface area contributed by atoms with E-state index in [-0.39, 0.29) is 11.8 Å². The van der Waals surface area contributed by atoms with Gasteiger partial charge in [0.2, 0.25) is 5.91 Å². The number of carbonyl (C=O) groups excluding carboxylic acids is 1. The fraction of sp³-hybridized carbons (Fsp3) is 0.357. The number of fused-ring (bicyclic) bond motifs is 1. The van der Waals surface area contributed by atoms with Gasteiger partial charge in [-0.1, -0.05) is 47.5 Å². The molecule has 2 aromatic heterocycles. The fourth-order valence-electron chi connectivity index (χ4n) is 5.00. The minimum Gasteiger partial charge on any atom is -0.352 e. The number of aryl methyl sites for hydroxylation is 4. The van der Waals surface area contributed by atoms with Crippen LogP contribution in [-0.4, -0.2) is 39.0 Å². The van der Waals surface area contributed by atoms with Gasteiger partial charge in [-0.2, -0.15) is 10.2 Å². The highest BCUT2D eigenvalue weighted by Gasteiger charge is 2.29. The first kappa shape index (κ1) is 23.0. The van der Waals surface area contributed by atoms with Gasteiger partial charge in [-0.25, -0.2) is 4.68 Å². The van der Waals surface area contributed by atoms with E-state index >= 15 is 0 Å². The van der Waals surface area contributed by atoms with Crippen molar-refractivity contribution in [2.45, 2.75) is 47.1 Å². The van der Waals surface area contributed by atoms with E-state index in [1.807, 2.05) is 23.7 Å². The van der Waals surface area contributed by atoms with Crippen LogP contribution in [0.25, 0.3) is 16.6 Å². The zero-order chi connectivity index (χ0) is 24.5. The number of anilines is 1. The van der Waals surface area contributed by atoms with Crippen LogP contribution in [0.3, 0.4) is 0 Å². The maximum atomic E-state index is 13.0. The molecule has 0 bridgehead atoms. The Balaban J connectivity index is 1.39. The normalized spacial score (nSPS) is 16.0. The molecule has 5 rings (SSSR count). The van der Waals surface area contributed by atoms with Gasteiger partial charge in [-0.3, -0.25) is 4.79 Å². The van der Waals surface area contributed by atoms with Gasteiger partial charge in [0.25, 0.3) is 0 Å². The van der Waals surface area contributed by atoms with Crippen LogP contribution in [0.5, 0.6) is 0 Å². The third-order valence-corrected chi connectivity index (χ3v) is 6.90. The van der Waals surface area contributed by atoms with Crippen molar-refractivity contribution in [2.75, 3.05) is 18.0 Å². The van der Waals surface area contributed by atoms with Crippen LogP contribution in [0.15, 0.2) is 48.5 Å². The number of hydrogen-bond donors (Lipinski definition) is 1. The van der Waals surface area contributed by atoms with Crippen LogP contribution in [-0.2, 0) is 11.3 Å². The summed E-state index contributed by atoms with van der Waals surface area (Å²) in [6, 6.07) is 16.6. The number of benzene rings is 2. The van der Waals surface area contributed by atoms with Crippen molar-refractivity contribution in [3.05, 3.63) is 76.6 Å². The number of carbonyl (C=O) groups is 1. The smallest absolute Gasteiger partial charge is 0.225 e. The number of amides is 1. The molecule has 4 aromatic rings. The molecule has 2 aromatic carbocycles. The minimum absolute atomic E-state index is 0.0907. The quantitative estimate of drug-likeness (QED) is 0.464. The van der Waals surface area contributed by atoms with Crippen LogP contribution in [0.1, 0.15) is 40.9 Å². The molecule has 1 unspecified atom stereocenters. The Morgan fingerprint density at radius 3 is 2.60 bits per heavy atom. The zero-order valence-corrected chi connectivity index (χ0v) is 20.9. The topological polar surface area (TPSA) is 75.9 Å². The number of aromatic nitrogens is 4. The van der Waals surface area contributed by atoms with E-state index in [0.717, 1.165) is 58.7 Å². The maximum absolute atomic E-state index is 13.0. The van der Waals surface area contributed by atoms with E-state index < -0.39 is 0 Å². The average Bonchev–Trinajstić information content (AvgIpc) is 3.21. The summed E-state index contributed by atoms with van der Waals surface area (Å²) in [5.41, 5.74) is 7.30. The van der Waals surface area contributed by atoms with Crippen molar-refractivity contribution >= 4 is 22.6 Å². The number of nitrogens with zero attached hydrogens (tertiary/aromatic N) is 5. The Labute approximate surface area is 206 Å². The molecule has 0 spiro atoms. The van der Waals surface area contributed by atoms with Gasteiger partial charge in [0.15, 0.2) is 5.82 Å². The second-order valence-corrected chi connectivity index (χ2v) is 9.66. The molecule has 1 N–H and O–H groups in total. The lowest BCUT2D eigenvalue weighted by Gasteiger charge is -2.32. The van der Waals surface area contributed by atoms with E-state index in [0.29, 0.717) is 13.1 Å². The summed E-state index contributed by atoms with van der Waals surface area (Å²) >= 11 is 0. The molecule has 1 amide bonds. The molecule has 1 aliphatic heterocycles. The van der Waals surface area contributed by atoms with Gasteiger partial charge in [0.1, 0.15) is 5.52 Å². The van der Waals surface area contributed by atoms with Crippen molar-refractivity contribution in [2.24, 2.45) is 5.92 Å². The SMILES string of the molecule is Cc1ccc(-n2nc3c(N4CCCC(C(=O)NCc5cccc(C)c5)C4)nnc(C)c3c2C)cc1. The largest absolute Gasteiger partial charge is 0.352 e. The molecular weight excluding hydrogens is 436 g/mol. The van der Waals surface area contributed by atoms with E-state index in [9.17, 15) is 4.79 Å². The molecular formula is C28H32N6O. The minimum atomic E-state index is -0.0907. The highest BCUT2D eigenvalue weighted by molar-refractivity contribution is 5.92. The van der Waals surface area contributed by atoms with Crippen molar-refractivity contribution in [1.82, 2.24) is 25.3 Å². The van der Waals surface area contributed by atoms with Crippen molar-refractivity contribution < 1.29 is 4.79 Å². The van der Waals surface area contributed by atoms with Crippen LogP contribution in [0.2, 0.25) is 0 Å². The molecule has 7 heteroatoms. The van der Waals surface area contributed by atoms with Crippen LogP contribution in [0, 0.1) is 33.6 Å². The van der Waals surface area contributed by atoms with Crippen LogP contribution >= 0.6 is 0 Å². The lowest BCUT2D eigenvalue weighted by molar-refractivity contribution is -0.125. The third-order valence-electron chi connectivity index (χ3n) is 6.90. The first-order chi connectivity index (χ1) is 16.9. The third kappa shape index (κ3) is 4.63. The molecule has 0 saturated carbocycles. The number of rotatable bonds is 5. The first-order valence-corrected chi connectivity index (χ1v) is 12.3. The molecule has 1 atom stereocenters. The lowest BCUT2D eigenvalue weighted by Crippen LogP contribution is -2.43. The number of nitrogens with one attached hydrogen (secondary N) is 1. The van der Waals surface area contributed by atoms with E-state index in [2.05, 4.69) is 77.6 Å². The van der Waals surface area contributed by atoms with E-state index in [1.54, 1.807) is 0 Å². The number of hydrogen-bond acceptors (Lipinski definition) is 5. The van der Waals surface area contributed by atoms with E-state index in [1.165, 1.54) is 11.1 Å².